The Bertz CT molecular complexity index is 1050. The lowest BCUT2D eigenvalue weighted by atomic mass is 10.1. The fraction of sp³-hybridized carbons (Fsp3) is 0.211. The van der Waals surface area contributed by atoms with Gasteiger partial charge in [0.05, 0.1) is 17.7 Å². The Morgan fingerprint density at radius 2 is 2.00 bits per heavy atom. The minimum absolute atomic E-state index is 0.0566. The van der Waals surface area contributed by atoms with Crippen molar-refractivity contribution in [2.75, 3.05) is 13.7 Å². The maximum atomic E-state index is 13.2. The monoisotopic (exact) mass is 390 g/mol. The van der Waals surface area contributed by atoms with Gasteiger partial charge in [-0.2, -0.15) is 0 Å². The summed E-state index contributed by atoms with van der Waals surface area (Å²) in [6, 6.07) is 12.7. The summed E-state index contributed by atoms with van der Waals surface area (Å²) in [6.07, 6.45) is 0.354. The van der Waals surface area contributed by atoms with Gasteiger partial charge in [-0.15, -0.1) is 0 Å². The molecule has 8 heteroatoms. The fourth-order valence-corrected chi connectivity index (χ4v) is 3.90. The number of ether oxygens (including phenoxy) is 1. The van der Waals surface area contributed by atoms with Crippen molar-refractivity contribution in [3.8, 4) is 17.1 Å². The highest BCUT2D eigenvalue weighted by Crippen LogP contribution is 2.24. The molecule has 27 heavy (non-hydrogen) atoms. The van der Waals surface area contributed by atoms with Gasteiger partial charge in [-0.1, -0.05) is 17.3 Å². The Kier molecular flexibility index (Phi) is 5.57. The van der Waals surface area contributed by atoms with Crippen LogP contribution in [0.2, 0.25) is 0 Å². The number of rotatable bonds is 7. The van der Waals surface area contributed by atoms with E-state index in [1.807, 2.05) is 24.3 Å². The summed E-state index contributed by atoms with van der Waals surface area (Å²) in [5, 5.41) is 3.97. The van der Waals surface area contributed by atoms with Crippen molar-refractivity contribution in [1.82, 2.24) is 9.88 Å². The smallest absolute Gasteiger partial charge is 0.240 e. The maximum absolute atomic E-state index is 13.2. The van der Waals surface area contributed by atoms with Gasteiger partial charge in [-0.3, -0.25) is 0 Å². The largest absolute Gasteiger partial charge is 0.497 e. The van der Waals surface area contributed by atoms with Crippen LogP contribution in [0.25, 0.3) is 11.3 Å². The lowest BCUT2D eigenvalue weighted by Crippen LogP contribution is -2.26. The molecule has 0 aliphatic heterocycles. The Balaban J connectivity index is 1.65. The summed E-state index contributed by atoms with van der Waals surface area (Å²) < 4.78 is 50.9. The van der Waals surface area contributed by atoms with Crippen LogP contribution in [0.1, 0.15) is 11.3 Å². The molecule has 142 valence electrons. The van der Waals surface area contributed by atoms with E-state index in [9.17, 15) is 12.8 Å². The minimum Gasteiger partial charge on any atom is -0.497 e. The lowest BCUT2D eigenvalue weighted by Gasteiger charge is -2.08. The van der Waals surface area contributed by atoms with Crippen LogP contribution in [-0.4, -0.2) is 27.2 Å². The SMILES string of the molecule is COc1cccc(-c2cc(CCNS(=O)(=O)c3ccc(F)cc3C)no2)c1. The molecule has 0 saturated heterocycles. The lowest BCUT2D eigenvalue weighted by molar-refractivity contribution is 0.412. The first kappa shape index (κ1) is 19.1. The van der Waals surface area contributed by atoms with Crippen LogP contribution in [-0.2, 0) is 16.4 Å². The number of benzene rings is 2. The summed E-state index contributed by atoms with van der Waals surface area (Å²) in [6.45, 7) is 1.69. The molecule has 0 aliphatic carbocycles. The van der Waals surface area contributed by atoms with Gasteiger partial charge in [-0.05, 0) is 42.8 Å². The average molecular weight is 390 g/mol. The molecule has 0 atom stereocenters. The first-order chi connectivity index (χ1) is 12.9. The first-order valence-electron chi connectivity index (χ1n) is 8.25. The topological polar surface area (TPSA) is 81.4 Å². The number of nitrogens with one attached hydrogen (secondary N) is 1. The Labute approximate surface area is 157 Å². The highest BCUT2D eigenvalue weighted by molar-refractivity contribution is 7.89. The Morgan fingerprint density at radius 3 is 2.74 bits per heavy atom. The quantitative estimate of drug-likeness (QED) is 0.669. The maximum Gasteiger partial charge on any atom is 0.240 e. The Hall–Kier alpha value is -2.71. The minimum atomic E-state index is -3.72. The summed E-state index contributed by atoms with van der Waals surface area (Å²) in [5.41, 5.74) is 1.78. The number of aromatic nitrogens is 1. The number of nitrogens with zero attached hydrogens (tertiary/aromatic N) is 1. The van der Waals surface area contributed by atoms with Crippen LogP contribution < -0.4 is 9.46 Å². The molecule has 1 N–H and O–H groups in total. The average Bonchev–Trinajstić information content (AvgIpc) is 3.10. The van der Waals surface area contributed by atoms with E-state index in [4.69, 9.17) is 9.26 Å². The van der Waals surface area contributed by atoms with E-state index >= 15 is 0 Å². The van der Waals surface area contributed by atoms with E-state index < -0.39 is 15.8 Å². The molecule has 0 spiro atoms. The van der Waals surface area contributed by atoms with Crippen molar-refractivity contribution < 1.29 is 22.1 Å². The van der Waals surface area contributed by atoms with Gasteiger partial charge in [0.25, 0.3) is 0 Å². The van der Waals surface area contributed by atoms with Gasteiger partial charge in [0.2, 0.25) is 10.0 Å². The van der Waals surface area contributed by atoms with Gasteiger partial charge < -0.3 is 9.26 Å². The van der Waals surface area contributed by atoms with Crippen molar-refractivity contribution in [1.29, 1.82) is 0 Å². The molecule has 0 fully saturated rings. The van der Waals surface area contributed by atoms with Crippen LogP contribution in [0.3, 0.4) is 0 Å². The van der Waals surface area contributed by atoms with Crippen LogP contribution in [0.5, 0.6) is 5.75 Å². The molecule has 0 saturated carbocycles. The van der Waals surface area contributed by atoms with Crippen LogP contribution >= 0.6 is 0 Å². The number of aryl methyl sites for hydroxylation is 1. The molecule has 0 bridgehead atoms. The van der Waals surface area contributed by atoms with E-state index in [0.29, 0.717) is 29.2 Å². The third-order valence-electron chi connectivity index (χ3n) is 4.01. The molecule has 3 aromatic rings. The molecular formula is C19H19FN2O4S. The van der Waals surface area contributed by atoms with E-state index in [0.717, 1.165) is 11.6 Å². The number of hydrogen-bond acceptors (Lipinski definition) is 5. The molecule has 0 amide bonds. The molecular weight excluding hydrogens is 371 g/mol. The first-order valence-corrected chi connectivity index (χ1v) is 9.73. The molecule has 6 nitrogen and oxygen atoms in total. The van der Waals surface area contributed by atoms with Crippen LogP contribution in [0.15, 0.2) is 57.9 Å². The second kappa shape index (κ2) is 7.89. The normalized spacial score (nSPS) is 11.5. The fourth-order valence-electron chi connectivity index (χ4n) is 2.65. The second-order valence-corrected chi connectivity index (χ2v) is 7.71. The highest BCUT2D eigenvalue weighted by Gasteiger charge is 2.17. The number of hydrogen-bond donors (Lipinski definition) is 1. The van der Waals surface area contributed by atoms with Gasteiger partial charge >= 0.3 is 0 Å². The number of sulfonamides is 1. The third-order valence-corrected chi connectivity index (χ3v) is 5.63. The third kappa shape index (κ3) is 4.53. The zero-order chi connectivity index (χ0) is 19.4. The van der Waals surface area contributed by atoms with Gasteiger partial charge in [0.15, 0.2) is 5.76 Å². The Morgan fingerprint density at radius 1 is 1.19 bits per heavy atom. The van der Waals surface area contributed by atoms with Gasteiger partial charge in [-0.25, -0.2) is 17.5 Å². The van der Waals surface area contributed by atoms with Crippen molar-refractivity contribution in [2.24, 2.45) is 0 Å². The van der Waals surface area contributed by atoms with E-state index in [2.05, 4.69) is 9.88 Å². The molecule has 0 aliphatic rings. The molecule has 2 aromatic carbocycles. The highest BCUT2D eigenvalue weighted by atomic mass is 32.2. The molecule has 1 aromatic heterocycles. The molecule has 3 rings (SSSR count). The van der Waals surface area contributed by atoms with E-state index in [-0.39, 0.29) is 11.4 Å². The van der Waals surface area contributed by atoms with Crippen LogP contribution in [0, 0.1) is 12.7 Å². The van der Waals surface area contributed by atoms with Crippen molar-refractivity contribution in [3.05, 3.63) is 65.6 Å². The molecule has 0 unspecified atom stereocenters. The van der Waals surface area contributed by atoms with Gasteiger partial charge in [0.1, 0.15) is 11.6 Å². The zero-order valence-corrected chi connectivity index (χ0v) is 15.7. The predicted molar refractivity (Wildman–Crippen MR) is 98.5 cm³/mol. The van der Waals surface area contributed by atoms with E-state index in [1.165, 1.54) is 12.1 Å². The summed E-state index contributed by atoms with van der Waals surface area (Å²) in [5.74, 6) is 0.799. The zero-order valence-electron chi connectivity index (χ0n) is 14.9. The van der Waals surface area contributed by atoms with Gasteiger partial charge in [0, 0.05) is 24.6 Å². The molecule has 1 heterocycles. The molecule has 0 radical (unpaired) electrons. The van der Waals surface area contributed by atoms with Crippen molar-refractivity contribution >= 4 is 10.0 Å². The van der Waals surface area contributed by atoms with Crippen molar-refractivity contribution in [3.63, 3.8) is 0 Å². The van der Waals surface area contributed by atoms with Crippen LogP contribution in [0.4, 0.5) is 4.39 Å². The summed E-state index contributed by atoms with van der Waals surface area (Å²) in [4.78, 5) is 0.0566. The second-order valence-electron chi connectivity index (χ2n) is 5.97. The van der Waals surface area contributed by atoms with E-state index in [1.54, 1.807) is 20.1 Å². The number of halogens is 1. The summed E-state index contributed by atoms with van der Waals surface area (Å²) >= 11 is 0. The summed E-state index contributed by atoms with van der Waals surface area (Å²) in [7, 11) is -2.14. The predicted octanol–water partition coefficient (Wildman–Crippen LogP) is 3.32. The number of methoxy groups -OCH3 is 1. The van der Waals surface area contributed by atoms with Crippen molar-refractivity contribution in [2.45, 2.75) is 18.2 Å². The standard InChI is InChI=1S/C19H19FN2O4S/c1-13-10-15(20)6-7-19(13)27(23,24)21-9-8-16-12-18(26-22-16)14-4-3-5-17(11-14)25-2/h3-7,10-12,21H,8-9H2,1-2H3.